The normalized spacial score (nSPS) is 24.1. The van der Waals surface area contributed by atoms with E-state index in [-0.39, 0.29) is 30.9 Å². The number of thiazole rings is 1. The fraction of sp³-hybridized carbons (Fsp3) is 0.706. The van der Waals surface area contributed by atoms with E-state index in [1.807, 2.05) is 0 Å². The van der Waals surface area contributed by atoms with Gasteiger partial charge < -0.3 is 15.2 Å². The Morgan fingerprint density at radius 2 is 2.21 bits per heavy atom. The number of carboxylic acids is 1. The third-order valence-corrected chi connectivity index (χ3v) is 5.45. The van der Waals surface area contributed by atoms with Gasteiger partial charge in [0.05, 0.1) is 12.6 Å². The topological polar surface area (TPSA) is 88.5 Å². The second-order valence-corrected chi connectivity index (χ2v) is 7.83. The molecule has 1 aliphatic rings. The van der Waals surface area contributed by atoms with Crippen LogP contribution >= 0.6 is 11.3 Å². The maximum Gasteiger partial charge on any atom is 0.355 e. The van der Waals surface area contributed by atoms with Crippen LogP contribution in [0, 0.1) is 17.8 Å². The molecule has 3 atom stereocenters. The number of carboxylic acid groups (broad SMARTS) is 1. The first-order valence-corrected chi connectivity index (χ1v) is 9.30. The van der Waals surface area contributed by atoms with Gasteiger partial charge in [-0.15, -0.1) is 11.3 Å². The van der Waals surface area contributed by atoms with E-state index in [0.29, 0.717) is 22.8 Å². The molecule has 1 aliphatic carbocycles. The van der Waals surface area contributed by atoms with Gasteiger partial charge >= 0.3 is 5.97 Å². The quantitative estimate of drug-likeness (QED) is 0.786. The van der Waals surface area contributed by atoms with Crippen molar-refractivity contribution in [2.45, 2.75) is 52.7 Å². The highest BCUT2D eigenvalue weighted by atomic mass is 32.1. The van der Waals surface area contributed by atoms with Crippen LogP contribution in [0.2, 0.25) is 0 Å². The van der Waals surface area contributed by atoms with Crippen molar-refractivity contribution in [2.75, 3.05) is 6.61 Å². The number of rotatable bonds is 7. The largest absolute Gasteiger partial charge is 0.476 e. The third-order valence-electron chi connectivity index (χ3n) is 4.60. The smallest absolute Gasteiger partial charge is 0.355 e. The number of hydrogen-bond donors (Lipinski definition) is 2. The van der Waals surface area contributed by atoms with Gasteiger partial charge in [-0.1, -0.05) is 27.2 Å². The highest BCUT2D eigenvalue weighted by Crippen LogP contribution is 2.35. The van der Waals surface area contributed by atoms with Crippen LogP contribution in [0.3, 0.4) is 0 Å². The van der Waals surface area contributed by atoms with Gasteiger partial charge in [0.2, 0.25) is 5.91 Å². The molecule has 0 aliphatic heterocycles. The molecule has 6 nitrogen and oxygen atoms in total. The first-order chi connectivity index (χ1) is 11.4. The lowest BCUT2D eigenvalue weighted by Crippen LogP contribution is -2.37. The van der Waals surface area contributed by atoms with E-state index in [2.05, 4.69) is 31.1 Å². The van der Waals surface area contributed by atoms with Gasteiger partial charge in [0, 0.05) is 5.38 Å². The minimum absolute atomic E-state index is 0.0106. The molecular formula is C17H26N2O4S. The van der Waals surface area contributed by atoms with Crippen LogP contribution in [0.25, 0.3) is 0 Å². The molecule has 1 saturated carbocycles. The number of hydrogen-bond acceptors (Lipinski definition) is 5. The SMILES string of the molecule is CC1CCC(C(C)C)C(OCC(=O)NCc2nc(C(=O)O)cs2)C1. The predicted molar refractivity (Wildman–Crippen MR) is 92.0 cm³/mol. The van der Waals surface area contributed by atoms with E-state index in [4.69, 9.17) is 9.84 Å². The maximum absolute atomic E-state index is 12.0. The summed E-state index contributed by atoms with van der Waals surface area (Å²) in [7, 11) is 0. The first kappa shape index (κ1) is 18.9. The highest BCUT2D eigenvalue weighted by Gasteiger charge is 2.31. The van der Waals surface area contributed by atoms with E-state index in [1.165, 1.54) is 23.1 Å². The number of aromatic nitrogens is 1. The molecule has 1 aromatic heterocycles. The Morgan fingerprint density at radius 1 is 1.46 bits per heavy atom. The van der Waals surface area contributed by atoms with Crippen molar-refractivity contribution in [1.82, 2.24) is 10.3 Å². The summed E-state index contributed by atoms with van der Waals surface area (Å²) < 4.78 is 5.90. The van der Waals surface area contributed by atoms with Crippen LogP contribution in [-0.4, -0.2) is 34.7 Å². The summed E-state index contributed by atoms with van der Waals surface area (Å²) in [6.07, 6.45) is 3.52. The van der Waals surface area contributed by atoms with Gasteiger partial charge in [-0.2, -0.15) is 0 Å². The van der Waals surface area contributed by atoms with Gasteiger partial charge in [0.25, 0.3) is 0 Å². The first-order valence-electron chi connectivity index (χ1n) is 8.42. The number of carbonyl (C=O) groups is 2. The van der Waals surface area contributed by atoms with Crippen LogP contribution in [0.4, 0.5) is 0 Å². The molecule has 2 rings (SSSR count). The van der Waals surface area contributed by atoms with Crippen molar-refractivity contribution in [3.05, 3.63) is 16.1 Å². The van der Waals surface area contributed by atoms with Crippen LogP contribution < -0.4 is 5.32 Å². The Kier molecular flexibility index (Phi) is 6.74. The second-order valence-electron chi connectivity index (χ2n) is 6.88. The summed E-state index contributed by atoms with van der Waals surface area (Å²) in [6.45, 7) is 6.92. The zero-order valence-electron chi connectivity index (χ0n) is 14.4. The summed E-state index contributed by atoms with van der Waals surface area (Å²) in [5.41, 5.74) is 0.0106. The monoisotopic (exact) mass is 354 g/mol. The van der Waals surface area contributed by atoms with Crippen molar-refractivity contribution in [3.63, 3.8) is 0 Å². The molecule has 2 N–H and O–H groups in total. The van der Waals surface area contributed by atoms with Crippen molar-refractivity contribution >= 4 is 23.2 Å². The van der Waals surface area contributed by atoms with Crippen molar-refractivity contribution in [3.8, 4) is 0 Å². The third kappa shape index (κ3) is 5.27. The lowest BCUT2D eigenvalue weighted by atomic mass is 9.75. The van der Waals surface area contributed by atoms with Gasteiger partial charge in [-0.25, -0.2) is 9.78 Å². The van der Waals surface area contributed by atoms with Gasteiger partial charge in [0.15, 0.2) is 5.69 Å². The number of nitrogens with one attached hydrogen (secondary N) is 1. The lowest BCUT2D eigenvalue weighted by Gasteiger charge is -2.37. The van der Waals surface area contributed by atoms with Crippen molar-refractivity contribution < 1.29 is 19.4 Å². The van der Waals surface area contributed by atoms with Crippen LogP contribution in [0.1, 0.15) is 55.5 Å². The summed E-state index contributed by atoms with van der Waals surface area (Å²) >= 11 is 1.22. The molecule has 0 radical (unpaired) electrons. The fourth-order valence-corrected chi connectivity index (χ4v) is 3.91. The summed E-state index contributed by atoms with van der Waals surface area (Å²) in [6, 6.07) is 0. The molecule has 1 amide bonds. The molecule has 1 aromatic rings. The number of nitrogens with zero attached hydrogens (tertiary/aromatic N) is 1. The molecule has 24 heavy (non-hydrogen) atoms. The minimum atomic E-state index is -1.06. The molecule has 134 valence electrons. The molecule has 0 bridgehead atoms. The van der Waals surface area contributed by atoms with Crippen LogP contribution in [-0.2, 0) is 16.1 Å². The number of aromatic carboxylic acids is 1. The van der Waals surface area contributed by atoms with Crippen molar-refractivity contribution in [1.29, 1.82) is 0 Å². The summed E-state index contributed by atoms with van der Waals surface area (Å²) in [5, 5.41) is 13.6. The number of carbonyl (C=O) groups excluding carboxylic acids is 1. The molecule has 0 spiro atoms. The minimum Gasteiger partial charge on any atom is -0.476 e. The number of amides is 1. The molecule has 1 heterocycles. The van der Waals surface area contributed by atoms with Crippen molar-refractivity contribution in [2.24, 2.45) is 17.8 Å². The van der Waals surface area contributed by atoms with Gasteiger partial charge in [-0.3, -0.25) is 4.79 Å². The summed E-state index contributed by atoms with van der Waals surface area (Å²) in [5.74, 6) is 0.445. The Balaban J connectivity index is 1.77. The zero-order chi connectivity index (χ0) is 17.7. The summed E-state index contributed by atoms with van der Waals surface area (Å²) in [4.78, 5) is 26.7. The Labute approximate surface area is 146 Å². The van der Waals surface area contributed by atoms with E-state index in [9.17, 15) is 9.59 Å². The fourth-order valence-electron chi connectivity index (χ4n) is 3.20. The van der Waals surface area contributed by atoms with E-state index in [1.54, 1.807) is 0 Å². The zero-order valence-corrected chi connectivity index (χ0v) is 15.3. The molecule has 0 aromatic carbocycles. The Morgan fingerprint density at radius 3 is 2.83 bits per heavy atom. The van der Waals surface area contributed by atoms with Gasteiger partial charge in [0.1, 0.15) is 11.6 Å². The van der Waals surface area contributed by atoms with E-state index < -0.39 is 5.97 Å². The Bertz CT molecular complexity index is 573. The maximum atomic E-state index is 12.0. The predicted octanol–water partition coefficient (Wildman–Crippen LogP) is 2.93. The van der Waals surface area contributed by atoms with Gasteiger partial charge in [-0.05, 0) is 30.6 Å². The molecule has 7 heteroatoms. The highest BCUT2D eigenvalue weighted by molar-refractivity contribution is 7.09. The lowest BCUT2D eigenvalue weighted by molar-refractivity contribution is -0.131. The molecule has 1 fully saturated rings. The average molecular weight is 354 g/mol. The van der Waals surface area contributed by atoms with E-state index >= 15 is 0 Å². The standard InChI is InChI=1S/C17H26N2O4S/c1-10(2)12-5-4-11(3)6-14(12)23-8-15(20)18-7-16-19-13(9-24-16)17(21)22/h9-12,14H,4-8H2,1-3H3,(H,18,20)(H,21,22). The molecule has 3 unspecified atom stereocenters. The van der Waals surface area contributed by atoms with E-state index in [0.717, 1.165) is 12.8 Å². The average Bonchev–Trinajstić information content (AvgIpc) is 3.00. The molecule has 0 saturated heterocycles. The number of ether oxygens (including phenoxy) is 1. The molecular weight excluding hydrogens is 328 g/mol. The second kappa shape index (κ2) is 8.58. The van der Waals surface area contributed by atoms with Crippen LogP contribution in [0.15, 0.2) is 5.38 Å². The Hall–Kier alpha value is -1.47. The van der Waals surface area contributed by atoms with Crippen LogP contribution in [0.5, 0.6) is 0 Å².